The van der Waals surface area contributed by atoms with E-state index < -0.39 is 17.2 Å². The number of fused-ring (bicyclic) bond motifs is 1. The van der Waals surface area contributed by atoms with E-state index in [2.05, 4.69) is 16.6 Å². The average Bonchev–Trinajstić information content (AvgIpc) is 2.98. The predicted octanol–water partition coefficient (Wildman–Crippen LogP) is 2.24. The highest BCUT2D eigenvalue weighted by atomic mass is 16.5. The number of carbonyl (C=O) groups excluding carboxylic acids is 1. The van der Waals surface area contributed by atoms with Crippen LogP contribution in [-0.4, -0.2) is 23.8 Å². The normalized spacial score (nSPS) is 15.9. The van der Waals surface area contributed by atoms with Crippen LogP contribution in [-0.2, 0) is 4.74 Å². The summed E-state index contributed by atoms with van der Waals surface area (Å²) in [7, 11) is 1.21. The van der Waals surface area contributed by atoms with Crippen LogP contribution >= 0.6 is 0 Å². The zero-order valence-electron chi connectivity index (χ0n) is 12.7. The second-order valence-corrected chi connectivity index (χ2v) is 5.68. The summed E-state index contributed by atoms with van der Waals surface area (Å²) in [6.45, 7) is 0. The third-order valence-corrected chi connectivity index (χ3v) is 4.01. The molecule has 1 aromatic heterocycles. The Morgan fingerprint density at radius 3 is 2.74 bits per heavy atom. The largest absolute Gasteiger partial charge is 0.465 e. The SMILES string of the molecule is COC(=O)c1cc2ccc(C#CC3(O)CCCC3)cc2oc1=O. The first-order valence-electron chi connectivity index (χ1n) is 7.42. The van der Waals surface area contributed by atoms with Crippen LogP contribution < -0.4 is 5.63 Å². The molecule has 1 aliphatic rings. The van der Waals surface area contributed by atoms with Gasteiger partial charge in [0, 0.05) is 10.9 Å². The molecular formula is C18H16O5. The molecule has 1 aromatic carbocycles. The first kappa shape index (κ1) is 15.3. The topological polar surface area (TPSA) is 76.7 Å². The Balaban J connectivity index is 1.98. The van der Waals surface area contributed by atoms with Gasteiger partial charge in [0.25, 0.3) is 0 Å². The predicted molar refractivity (Wildman–Crippen MR) is 84.1 cm³/mol. The molecule has 3 rings (SSSR count). The van der Waals surface area contributed by atoms with E-state index in [-0.39, 0.29) is 5.56 Å². The molecule has 1 N–H and O–H groups in total. The second kappa shape index (κ2) is 5.90. The number of carbonyl (C=O) groups is 1. The molecule has 23 heavy (non-hydrogen) atoms. The van der Waals surface area contributed by atoms with Crippen LogP contribution in [0.3, 0.4) is 0 Å². The zero-order valence-corrected chi connectivity index (χ0v) is 12.7. The molecule has 0 bridgehead atoms. The van der Waals surface area contributed by atoms with Crippen molar-refractivity contribution in [1.82, 2.24) is 0 Å². The van der Waals surface area contributed by atoms with Crippen LogP contribution in [0, 0.1) is 11.8 Å². The lowest BCUT2D eigenvalue weighted by molar-refractivity contribution is 0.0596. The van der Waals surface area contributed by atoms with E-state index in [1.165, 1.54) is 13.2 Å². The number of hydrogen-bond donors (Lipinski definition) is 1. The van der Waals surface area contributed by atoms with Gasteiger partial charge in [-0.25, -0.2) is 9.59 Å². The van der Waals surface area contributed by atoms with Crippen LogP contribution in [0.4, 0.5) is 0 Å². The fraction of sp³-hybridized carbons (Fsp3) is 0.333. The van der Waals surface area contributed by atoms with Gasteiger partial charge in [-0.3, -0.25) is 0 Å². The maximum atomic E-state index is 11.8. The molecule has 1 saturated carbocycles. The van der Waals surface area contributed by atoms with Gasteiger partial charge in [-0.2, -0.15) is 0 Å². The summed E-state index contributed by atoms with van der Waals surface area (Å²) < 4.78 is 9.71. The minimum Gasteiger partial charge on any atom is -0.465 e. The minimum absolute atomic E-state index is 0.140. The van der Waals surface area contributed by atoms with Gasteiger partial charge in [0.15, 0.2) is 0 Å². The number of esters is 1. The van der Waals surface area contributed by atoms with Gasteiger partial charge in [-0.1, -0.05) is 11.8 Å². The summed E-state index contributed by atoms with van der Waals surface area (Å²) in [5, 5.41) is 10.8. The molecular weight excluding hydrogens is 296 g/mol. The van der Waals surface area contributed by atoms with Gasteiger partial charge in [0.2, 0.25) is 0 Å². The highest BCUT2D eigenvalue weighted by Gasteiger charge is 2.28. The van der Waals surface area contributed by atoms with Gasteiger partial charge in [-0.15, -0.1) is 0 Å². The van der Waals surface area contributed by atoms with Crippen LogP contribution in [0.2, 0.25) is 0 Å². The van der Waals surface area contributed by atoms with Crippen molar-refractivity contribution < 1.29 is 19.1 Å². The van der Waals surface area contributed by atoms with E-state index in [1.54, 1.807) is 18.2 Å². The third-order valence-electron chi connectivity index (χ3n) is 4.01. The molecule has 2 aromatic rings. The maximum absolute atomic E-state index is 11.8. The molecule has 0 atom stereocenters. The molecule has 0 radical (unpaired) electrons. The monoisotopic (exact) mass is 312 g/mol. The highest BCUT2D eigenvalue weighted by molar-refractivity contribution is 5.92. The Morgan fingerprint density at radius 2 is 2.04 bits per heavy atom. The Kier molecular flexibility index (Phi) is 3.93. The summed E-state index contributed by atoms with van der Waals surface area (Å²) in [6.07, 6.45) is 3.33. The van der Waals surface area contributed by atoms with Gasteiger partial charge in [-0.05, 0) is 49.9 Å². The van der Waals surface area contributed by atoms with E-state index in [0.717, 1.165) is 12.8 Å². The van der Waals surface area contributed by atoms with Gasteiger partial charge < -0.3 is 14.3 Å². The number of hydrogen-bond acceptors (Lipinski definition) is 5. The van der Waals surface area contributed by atoms with Gasteiger partial charge in [0.05, 0.1) is 7.11 Å². The van der Waals surface area contributed by atoms with Crippen molar-refractivity contribution in [2.75, 3.05) is 7.11 Å². The summed E-state index contributed by atoms with van der Waals surface area (Å²) in [5.74, 6) is 5.11. The summed E-state index contributed by atoms with van der Waals surface area (Å²) >= 11 is 0. The quantitative estimate of drug-likeness (QED) is 0.496. The van der Waals surface area contributed by atoms with E-state index in [1.807, 2.05) is 0 Å². The van der Waals surface area contributed by atoms with Crippen molar-refractivity contribution in [1.29, 1.82) is 0 Å². The molecule has 1 fully saturated rings. The van der Waals surface area contributed by atoms with Crippen molar-refractivity contribution in [3.8, 4) is 11.8 Å². The highest BCUT2D eigenvalue weighted by Crippen LogP contribution is 2.28. The number of ether oxygens (including phenoxy) is 1. The maximum Gasteiger partial charge on any atom is 0.351 e. The van der Waals surface area contributed by atoms with E-state index in [4.69, 9.17) is 4.42 Å². The fourth-order valence-corrected chi connectivity index (χ4v) is 2.71. The van der Waals surface area contributed by atoms with Crippen LogP contribution in [0.5, 0.6) is 0 Å². The zero-order chi connectivity index (χ0) is 16.4. The first-order valence-corrected chi connectivity index (χ1v) is 7.42. The lowest BCUT2D eigenvalue weighted by atomic mass is 10.0. The molecule has 1 aliphatic carbocycles. The Labute approximate surface area is 132 Å². The molecule has 118 valence electrons. The van der Waals surface area contributed by atoms with Crippen molar-refractivity contribution in [3.63, 3.8) is 0 Å². The van der Waals surface area contributed by atoms with Crippen LogP contribution in [0.15, 0.2) is 33.5 Å². The van der Waals surface area contributed by atoms with Crippen LogP contribution in [0.1, 0.15) is 41.6 Å². The lowest BCUT2D eigenvalue weighted by Gasteiger charge is -2.12. The average molecular weight is 312 g/mol. The number of aliphatic hydroxyl groups is 1. The van der Waals surface area contributed by atoms with Gasteiger partial charge in [0.1, 0.15) is 16.7 Å². The standard InChI is InChI=1S/C18H16O5/c1-22-16(19)14-11-13-5-4-12(10-15(13)23-17(14)20)6-9-18(21)7-2-3-8-18/h4-5,10-11,21H,2-3,7-8H2,1H3. The summed E-state index contributed by atoms with van der Waals surface area (Å²) in [6, 6.07) is 6.54. The lowest BCUT2D eigenvalue weighted by Crippen LogP contribution is -2.20. The Bertz CT molecular complexity index is 876. The third kappa shape index (κ3) is 3.13. The van der Waals surface area contributed by atoms with Gasteiger partial charge >= 0.3 is 11.6 Å². The summed E-state index contributed by atoms with van der Waals surface area (Å²) in [5.41, 5.74) is -0.813. The molecule has 5 nitrogen and oxygen atoms in total. The van der Waals surface area contributed by atoms with Crippen molar-refractivity contribution >= 4 is 16.9 Å². The molecule has 5 heteroatoms. The minimum atomic E-state index is -0.912. The molecule has 0 unspecified atom stereocenters. The summed E-state index contributed by atoms with van der Waals surface area (Å²) in [4.78, 5) is 23.3. The Hall–Kier alpha value is -2.58. The van der Waals surface area contributed by atoms with Crippen molar-refractivity contribution in [2.45, 2.75) is 31.3 Å². The molecule has 1 heterocycles. The van der Waals surface area contributed by atoms with E-state index in [0.29, 0.717) is 29.4 Å². The molecule has 0 aliphatic heterocycles. The van der Waals surface area contributed by atoms with Crippen LogP contribution in [0.25, 0.3) is 11.0 Å². The van der Waals surface area contributed by atoms with E-state index in [9.17, 15) is 14.7 Å². The fourth-order valence-electron chi connectivity index (χ4n) is 2.71. The van der Waals surface area contributed by atoms with Crippen molar-refractivity contribution in [2.24, 2.45) is 0 Å². The molecule has 0 spiro atoms. The smallest absolute Gasteiger partial charge is 0.351 e. The first-order chi connectivity index (χ1) is 11.0. The Morgan fingerprint density at radius 1 is 1.30 bits per heavy atom. The number of benzene rings is 1. The van der Waals surface area contributed by atoms with E-state index >= 15 is 0 Å². The second-order valence-electron chi connectivity index (χ2n) is 5.68. The molecule has 0 amide bonds. The number of rotatable bonds is 1. The molecule has 0 saturated heterocycles. The number of methoxy groups -OCH3 is 1. The van der Waals surface area contributed by atoms with Crippen molar-refractivity contribution in [3.05, 3.63) is 45.8 Å².